The fourth-order valence-corrected chi connectivity index (χ4v) is 1.24. The second kappa shape index (κ2) is 10.5. The van der Waals surface area contributed by atoms with Crippen LogP contribution in [0.25, 0.3) is 0 Å². The van der Waals surface area contributed by atoms with Gasteiger partial charge in [0.25, 0.3) is 0 Å². The summed E-state index contributed by atoms with van der Waals surface area (Å²) in [5, 5.41) is 8.68. The molecule has 0 aromatic carbocycles. The molecule has 14 heavy (non-hydrogen) atoms. The first-order valence-electron chi connectivity index (χ1n) is 5.75. The van der Waals surface area contributed by atoms with Crippen LogP contribution in [0.4, 0.5) is 0 Å². The van der Waals surface area contributed by atoms with Gasteiger partial charge in [-0.05, 0) is 25.2 Å². The fraction of sp³-hybridized carbons (Fsp3) is 0.692. The maximum Gasteiger partial charge on any atom is 0.0436 e. The molecule has 1 nitrogen and oxygen atoms in total. The Morgan fingerprint density at radius 3 is 2.64 bits per heavy atom. The monoisotopic (exact) mass is 196 g/mol. The molecule has 0 radical (unpaired) electrons. The van der Waals surface area contributed by atoms with E-state index in [1.54, 1.807) is 0 Å². The summed E-state index contributed by atoms with van der Waals surface area (Å²) in [5.41, 5.74) is 0. The predicted octanol–water partition coefficient (Wildman–Crippen LogP) is 3.70. The molecule has 0 aliphatic heterocycles. The van der Waals surface area contributed by atoms with E-state index >= 15 is 0 Å². The van der Waals surface area contributed by atoms with Crippen LogP contribution in [0.5, 0.6) is 0 Å². The molecule has 0 rings (SSSR count). The lowest BCUT2D eigenvalue weighted by Crippen LogP contribution is -1.92. The van der Waals surface area contributed by atoms with Crippen molar-refractivity contribution < 1.29 is 5.11 Å². The summed E-state index contributed by atoms with van der Waals surface area (Å²) >= 11 is 0. The minimum absolute atomic E-state index is 0.283. The zero-order valence-electron chi connectivity index (χ0n) is 9.58. The van der Waals surface area contributed by atoms with Crippen LogP contribution in [0.3, 0.4) is 0 Å². The van der Waals surface area contributed by atoms with Crippen molar-refractivity contribution in [1.29, 1.82) is 0 Å². The molecule has 0 saturated carbocycles. The van der Waals surface area contributed by atoms with Crippen LogP contribution in [0, 0.1) is 5.92 Å². The molecule has 0 heterocycles. The van der Waals surface area contributed by atoms with Crippen molar-refractivity contribution in [2.75, 3.05) is 6.61 Å². The summed E-state index contributed by atoms with van der Waals surface area (Å²) in [5.74, 6) is 0.486. The largest absolute Gasteiger partial charge is 0.396 e. The smallest absolute Gasteiger partial charge is 0.0436 e. The summed E-state index contributed by atoms with van der Waals surface area (Å²) in [6.45, 7) is 4.63. The van der Waals surface area contributed by atoms with E-state index in [0.717, 1.165) is 6.42 Å². The molecule has 0 amide bonds. The van der Waals surface area contributed by atoms with Crippen LogP contribution in [0.1, 0.15) is 46.0 Å². The van der Waals surface area contributed by atoms with Crippen molar-refractivity contribution >= 4 is 0 Å². The Labute approximate surface area is 88.5 Å². The normalized spacial score (nSPS) is 14.2. The Morgan fingerprint density at radius 2 is 2.00 bits per heavy atom. The predicted molar refractivity (Wildman–Crippen MR) is 63.3 cm³/mol. The summed E-state index contributed by atoms with van der Waals surface area (Å²) in [4.78, 5) is 0. The molecule has 0 saturated heterocycles. The third-order valence-corrected chi connectivity index (χ3v) is 2.25. The quantitative estimate of drug-likeness (QED) is 0.463. The standard InChI is InChI=1S/C13H24O/c1-3-4-5-6-7-8-9-10-13(2)11-12-14/h7-10,13-14H,3-6,11-12H2,1-2H3/b8-7+,10-9+. The van der Waals surface area contributed by atoms with Gasteiger partial charge in [0.05, 0.1) is 0 Å². The van der Waals surface area contributed by atoms with Crippen LogP contribution >= 0.6 is 0 Å². The molecule has 0 aliphatic carbocycles. The molecule has 0 fully saturated rings. The molecule has 82 valence electrons. The first kappa shape index (κ1) is 13.4. The molecule has 0 bridgehead atoms. The number of unbranched alkanes of at least 4 members (excludes halogenated alkanes) is 3. The molecule has 1 atom stereocenters. The number of allylic oxidation sites excluding steroid dienone is 4. The van der Waals surface area contributed by atoms with Crippen molar-refractivity contribution in [3.8, 4) is 0 Å². The molecule has 0 aromatic heterocycles. The number of rotatable bonds is 8. The zero-order chi connectivity index (χ0) is 10.6. The van der Waals surface area contributed by atoms with Crippen LogP contribution in [0.2, 0.25) is 0 Å². The molecule has 1 heteroatoms. The third kappa shape index (κ3) is 9.53. The van der Waals surface area contributed by atoms with Crippen molar-refractivity contribution in [2.24, 2.45) is 5.92 Å². The first-order valence-corrected chi connectivity index (χ1v) is 5.75. The Hall–Kier alpha value is -0.560. The number of hydrogen-bond donors (Lipinski definition) is 1. The van der Waals surface area contributed by atoms with Gasteiger partial charge in [-0.25, -0.2) is 0 Å². The molecule has 1 N–H and O–H groups in total. The maximum atomic E-state index is 8.68. The number of aliphatic hydroxyl groups excluding tert-OH is 1. The summed E-state index contributed by atoms with van der Waals surface area (Å²) in [6.07, 6.45) is 14.5. The number of hydrogen-bond acceptors (Lipinski definition) is 1. The van der Waals surface area contributed by atoms with Gasteiger partial charge in [0.15, 0.2) is 0 Å². The van der Waals surface area contributed by atoms with E-state index in [9.17, 15) is 0 Å². The van der Waals surface area contributed by atoms with Gasteiger partial charge in [-0.3, -0.25) is 0 Å². The van der Waals surface area contributed by atoms with E-state index in [1.165, 1.54) is 25.7 Å². The summed E-state index contributed by atoms with van der Waals surface area (Å²) in [7, 11) is 0. The number of aliphatic hydroxyl groups is 1. The van der Waals surface area contributed by atoms with E-state index in [-0.39, 0.29) is 6.61 Å². The average molecular weight is 196 g/mol. The topological polar surface area (TPSA) is 20.2 Å². The van der Waals surface area contributed by atoms with Gasteiger partial charge in [0.2, 0.25) is 0 Å². The molecular weight excluding hydrogens is 172 g/mol. The SMILES string of the molecule is CCCCC/C=C/C=C/C(C)CCO. The molecule has 0 aliphatic rings. The van der Waals surface area contributed by atoms with Crippen LogP contribution in [-0.4, -0.2) is 11.7 Å². The van der Waals surface area contributed by atoms with Gasteiger partial charge in [0.1, 0.15) is 0 Å². The summed E-state index contributed by atoms with van der Waals surface area (Å²) < 4.78 is 0. The molecule has 0 aromatic rings. The average Bonchev–Trinajstić information content (AvgIpc) is 2.17. The van der Waals surface area contributed by atoms with E-state index in [2.05, 4.69) is 38.2 Å². The van der Waals surface area contributed by atoms with Crippen LogP contribution in [-0.2, 0) is 0 Å². The fourth-order valence-electron chi connectivity index (χ4n) is 1.24. The Bertz CT molecular complexity index is 159. The highest BCUT2D eigenvalue weighted by Gasteiger charge is 1.92. The van der Waals surface area contributed by atoms with E-state index in [4.69, 9.17) is 5.11 Å². The lowest BCUT2D eigenvalue weighted by atomic mass is 10.1. The van der Waals surface area contributed by atoms with E-state index in [1.807, 2.05) is 0 Å². The lowest BCUT2D eigenvalue weighted by molar-refractivity contribution is 0.274. The van der Waals surface area contributed by atoms with Crippen molar-refractivity contribution in [2.45, 2.75) is 46.0 Å². The lowest BCUT2D eigenvalue weighted by Gasteiger charge is -1.99. The van der Waals surface area contributed by atoms with Gasteiger partial charge in [0, 0.05) is 6.61 Å². The second-order valence-electron chi connectivity index (χ2n) is 3.80. The van der Waals surface area contributed by atoms with Crippen molar-refractivity contribution in [3.05, 3.63) is 24.3 Å². The van der Waals surface area contributed by atoms with Gasteiger partial charge in [-0.2, -0.15) is 0 Å². The Kier molecular flexibility index (Phi) is 10.1. The van der Waals surface area contributed by atoms with Crippen LogP contribution < -0.4 is 0 Å². The molecule has 1 unspecified atom stereocenters. The summed E-state index contributed by atoms with van der Waals surface area (Å²) in [6, 6.07) is 0. The first-order chi connectivity index (χ1) is 6.81. The highest BCUT2D eigenvalue weighted by molar-refractivity contribution is 5.03. The van der Waals surface area contributed by atoms with Crippen molar-refractivity contribution in [3.63, 3.8) is 0 Å². The highest BCUT2D eigenvalue weighted by atomic mass is 16.2. The Morgan fingerprint density at radius 1 is 1.21 bits per heavy atom. The van der Waals surface area contributed by atoms with Gasteiger partial charge in [-0.1, -0.05) is 51.0 Å². The second-order valence-corrected chi connectivity index (χ2v) is 3.80. The minimum Gasteiger partial charge on any atom is -0.396 e. The maximum absolute atomic E-state index is 8.68. The Balaban J connectivity index is 3.40. The van der Waals surface area contributed by atoms with Crippen molar-refractivity contribution in [1.82, 2.24) is 0 Å². The third-order valence-electron chi connectivity index (χ3n) is 2.25. The van der Waals surface area contributed by atoms with Gasteiger partial charge in [-0.15, -0.1) is 0 Å². The molecule has 0 spiro atoms. The zero-order valence-corrected chi connectivity index (χ0v) is 9.58. The van der Waals surface area contributed by atoms with Gasteiger partial charge < -0.3 is 5.11 Å². The van der Waals surface area contributed by atoms with E-state index < -0.39 is 0 Å². The highest BCUT2D eigenvalue weighted by Crippen LogP contribution is 2.03. The van der Waals surface area contributed by atoms with Crippen LogP contribution in [0.15, 0.2) is 24.3 Å². The molecular formula is C13H24O. The van der Waals surface area contributed by atoms with Gasteiger partial charge >= 0.3 is 0 Å². The van der Waals surface area contributed by atoms with E-state index in [0.29, 0.717) is 5.92 Å². The minimum atomic E-state index is 0.283.